The molecule has 1 N–H and O–H groups in total. The second-order valence-corrected chi connectivity index (χ2v) is 12.4. The molecular weight excluding hydrogens is 593 g/mol. The SMILES string of the molecule is C#CCCC1(CCN2CCN(Cc3cc(NC(=O)c4ccc5c(c4)CN(c4cncnc4)CC5C)cc(C(F)(F)F)c3)CC2)N=N1. The number of carbonyl (C=O) groups is 1. The Balaban J connectivity index is 1.10. The maximum absolute atomic E-state index is 13.9. The summed E-state index contributed by atoms with van der Waals surface area (Å²) in [5.41, 5.74) is 2.93. The van der Waals surface area contributed by atoms with Gasteiger partial charge in [-0.25, -0.2) is 9.97 Å². The Bertz CT molecular complexity index is 1620. The van der Waals surface area contributed by atoms with Gasteiger partial charge in [-0.05, 0) is 52.9 Å². The Hall–Kier alpha value is -4.34. The number of fused-ring (bicyclic) bond motifs is 1. The number of alkyl halides is 3. The van der Waals surface area contributed by atoms with Gasteiger partial charge in [-0.15, -0.1) is 12.3 Å². The van der Waals surface area contributed by atoms with E-state index in [0.29, 0.717) is 30.6 Å². The number of terminal acetylenes is 1. The number of hydrogen-bond donors (Lipinski definition) is 1. The molecule has 1 fully saturated rings. The van der Waals surface area contributed by atoms with Crippen LogP contribution in [0.1, 0.15) is 64.7 Å². The van der Waals surface area contributed by atoms with Crippen LogP contribution in [0.3, 0.4) is 0 Å². The molecule has 12 heteroatoms. The Labute approximate surface area is 266 Å². The number of carbonyl (C=O) groups excluding carboxylic acids is 1. The zero-order valence-electron chi connectivity index (χ0n) is 25.8. The van der Waals surface area contributed by atoms with Gasteiger partial charge in [-0.2, -0.15) is 23.4 Å². The van der Waals surface area contributed by atoms with Crippen molar-refractivity contribution in [2.24, 2.45) is 10.2 Å². The highest BCUT2D eigenvalue weighted by Gasteiger charge is 2.39. The smallest absolute Gasteiger partial charge is 0.364 e. The van der Waals surface area contributed by atoms with Gasteiger partial charge in [0.15, 0.2) is 5.66 Å². The van der Waals surface area contributed by atoms with Gasteiger partial charge in [0.2, 0.25) is 0 Å². The number of rotatable bonds is 10. The van der Waals surface area contributed by atoms with Gasteiger partial charge >= 0.3 is 6.18 Å². The molecule has 1 unspecified atom stereocenters. The first-order valence-electron chi connectivity index (χ1n) is 15.6. The molecule has 0 bridgehead atoms. The molecule has 240 valence electrons. The fraction of sp³-hybridized carbons (Fsp3) is 0.441. The molecule has 1 atom stereocenters. The average Bonchev–Trinajstić information content (AvgIpc) is 3.83. The van der Waals surface area contributed by atoms with E-state index in [1.165, 1.54) is 12.4 Å². The van der Waals surface area contributed by atoms with Crippen LogP contribution in [0.5, 0.6) is 0 Å². The lowest BCUT2D eigenvalue weighted by atomic mass is 9.89. The molecule has 0 spiro atoms. The Morgan fingerprint density at radius 3 is 2.48 bits per heavy atom. The molecule has 3 aliphatic heterocycles. The van der Waals surface area contributed by atoms with Gasteiger partial charge in [-0.3, -0.25) is 9.69 Å². The molecule has 0 aliphatic carbocycles. The highest BCUT2D eigenvalue weighted by molar-refractivity contribution is 6.04. The summed E-state index contributed by atoms with van der Waals surface area (Å²) in [5.74, 6) is 2.41. The van der Waals surface area contributed by atoms with Crippen LogP contribution in [-0.4, -0.2) is 70.6 Å². The summed E-state index contributed by atoms with van der Waals surface area (Å²) in [6, 6.07) is 9.32. The van der Waals surface area contributed by atoms with Crippen LogP contribution in [0.15, 0.2) is 65.3 Å². The second kappa shape index (κ2) is 13.2. The Kier molecular flexibility index (Phi) is 9.06. The van der Waals surface area contributed by atoms with Crippen LogP contribution in [-0.2, 0) is 19.3 Å². The summed E-state index contributed by atoms with van der Waals surface area (Å²) in [7, 11) is 0. The molecule has 3 aliphatic rings. The predicted octanol–water partition coefficient (Wildman–Crippen LogP) is 5.95. The van der Waals surface area contributed by atoms with Gasteiger partial charge in [0, 0.05) is 82.9 Å². The summed E-state index contributed by atoms with van der Waals surface area (Å²) >= 11 is 0. The lowest BCUT2D eigenvalue weighted by molar-refractivity contribution is -0.137. The van der Waals surface area contributed by atoms with E-state index in [2.05, 4.69) is 53.1 Å². The number of benzene rings is 2. The van der Waals surface area contributed by atoms with Crippen molar-refractivity contribution < 1.29 is 18.0 Å². The summed E-state index contributed by atoms with van der Waals surface area (Å²) in [4.78, 5) is 28.2. The largest absolute Gasteiger partial charge is 0.416 e. The topological polar surface area (TPSA) is 89.3 Å². The molecule has 0 radical (unpaired) electrons. The number of anilines is 2. The molecule has 46 heavy (non-hydrogen) atoms. The Morgan fingerprint density at radius 2 is 1.78 bits per heavy atom. The van der Waals surface area contributed by atoms with E-state index in [1.54, 1.807) is 24.5 Å². The fourth-order valence-electron chi connectivity index (χ4n) is 6.37. The minimum absolute atomic E-state index is 0.122. The first-order valence-corrected chi connectivity index (χ1v) is 15.6. The zero-order chi connectivity index (χ0) is 32.3. The molecule has 1 amide bonds. The maximum Gasteiger partial charge on any atom is 0.416 e. The molecule has 6 rings (SSSR count). The van der Waals surface area contributed by atoms with E-state index in [-0.39, 0.29) is 17.3 Å². The van der Waals surface area contributed by atoms with E-state index < -0.39 is 17.6 Å². The summed E-state index contributed by atoms with van der Waals surface area (Å²) in [5, 5.41) is 11.1. The number of piperazine rings is 1. The van der Waals surface area contributed by atoms with Crippen molar-refractivity contribution >= 4 is 17.3 Å². The van der Waals surface area contributed by atoms with Crippen LogP contribution in [0.4, 0.5) is 24.5 Å². The van der Waals surface area contributed by atoms with Gasteiger partial charge in [-0.1, -0.05) is 13.0 Å². The van der Waals surface area contributed by atoms with Crippen molar-refractivity contribution in [1.82, 2.24) is 19.8 Å². The van der Waals surface area contributed by atoms with Crippen molar-refractivity contribution in [3.05, 3.63) is 82.9 Å². The van der Waals surface area contributed by atoms with Crippen LogP contribution in [0, 0.1) is 12.3 Å². The standard InChI is InChI=1S/C34H37F3N8O/c1-3-4-7-33(41-42-33)8-9-43-10-12-44(13-11-43)21-25-14-28(34(35,36)37)17-29(15-25)40-32(46)26-5-6-31-24(2)20-45(22-27(31)16-26)30-18-38-23-39-19-30/h1,5-6,14-19,23-24H,4,7-13,20-22H2,2H3,(H,40,46). The molecule has 1 saturated heterocycles. The Morgan fingerprint density at radius 1 is 1.04 bits per heavy atom. The van der Waals surface area contributed by atoms with E-state index in [0.717, 1.165) is 75.0 Å². The third kappa shape index (κ3) is 7.54. The van der Waals surface area contributed by atoms with E-state index >= 15 is 0 Å². The molecular formula is C34H37F3N8O. The van der Waals surface area contributed by atoms with Gasteiger partial charge in [0.1, 0.15) is 6.33 Å². The van der Waals surface area contributed by atoms with Crippen molar-refractivity contribution in [2.75, 3.05) is 49.5 Å². The van der Waals surface area contributed by atoms with Gasteiger partial charge < -0.3 is 15.1 Å². The highest BCUT2D eigenvalue weighted by Crippen LogP contribution is 2.37. The monoisotopic (exact) mass is 630 g/mol. The number of amides is 1. The third-order valence-electron chi connectivity index (χ3n) is 9.03. The minimum atomic E-state index is -4.55. The quantitative estimate of drug-likeness (QED) is 0.279. The third-order valence-corrected chi connectivity index (χ3v) is 9.03. The first kappa shape index (κ1) is 31.6. The van der Waals surface area contributed by atoms with Crippen LogP contribution in [0.2, 0.25) is 0 Å². The zero-order valence-corrected chi connectivity index (χ0v) is 25.8. The first-order chi connectivity index (χ1) is 22.1. The number of nitrogens with one attached hydrogen (secondary N) is 1. The van der Waals surface area contributed by atoms with Gasteiger partial charge in [0.05, 0.1) is 23.6 Å². The lowest BCUT2D eigenvalue weighted by Crippen LogP contribution is -2.46. The van der Waals surface area contributed by atoms with E-state index in [1.807, 2.05) is 12.1 Å². The fourth-order valence-corrected chi connectivity index (χ4v) is 6.37. The van der Waals surface area contributed by atoms with Gasteiger partial charge in [0.25, 0.3) is 5.91 Å². The van der Waals surface area contributed by atoms with Crippen LogP contribution in [0.25, 0.3) is 0 Å². The average molecular weight is 631 g/mol. The molecule has 3 aromatic rings. The van der Waals surface area contributed by atoms with Crippen molar-refractivity contribution in [1.29, 1.82) is 0 Å². The predicted molar refractivity (Wildman–Crippen MR) is 169 cm³/mol. The minimum Gasteiger partial charge on any atom is -0.364 e. The number of halogens is 3. The van der Waals surface area contributed by atoms with E-state index in [4.69, 9.17) is 6.42 Å². The van der Waals surface area contributed by atoms with E-state index in [9.17, 15) is 18.0 Å². The molecule has 4 heterocycles. The number of hydrogen-bond acceptors (Lipinski definition) is 8. The number of nitrogens with zero attached hydrogens (tertiary/aromatic N) is 7. The summed E-state index contributed by atoms with van der Waals surface area (Å²) in [6.45, 7) is 7.75. The molecule has 1 aromatic heterocycles. The second-order valence-electron chi connectivity index (χ2n) is 12.4. The number of aromatic nitrogens is 2. The van der Waals surface area contributed by atoms with Crippen molar-refractivity contribution in [3.8, 4) is 12.3 Å². The molecule has 9 nitrogen and oxygen atoms in total. The summed E-state index contributed by atoms with van der Waals surface area (Å²) in [6.07, 6.45) is 8.08. The van der Waals surface area contributed by atoms with Crippen LogP contribution < -0.4 is 10.2 Å². The molecule has 0 saturated carbocycles. The molecule has 2 aromatic carbocycles. The lowest BCUT2D eigenvalue weighted by Gasteiger charge is -2.35. The van der Waals surface area contributed by atoms with Crippen LogP contribution >= 0.6 is 0 Å². The van der Waals surface area contributed by atoms with Crippen molar-refractivity contribution in [3.63, 3.8) is 0 Å². The van der Waals surface area contributed by atoms with Crippen molar-refractivity contribution in [2.45, 2.75) is 57.0 Å². The normalized spacial score (nSPS) is 19.4. The summed E-state index contributed by atoms with van der Waals surface area (Å²) < 4.78 is 41.8. The highest BCUT2D eigenvalue weighted by atomic mass is 19.4. The maximum atomic E-state index is 13.9.